The van der Waals surface area contributed by atoms with Crippen molar-refractivity contribution in [1.29, 1.82) is 0 Å². The molecule has 0 saturated heterocycles. The zero-order chi connectivity index (χ0) is 18.9. The Balaban J connectivity index is 0.000000277. The van der Waals surface area contributed by atoms with Crippen molar-refractivity contribution in [1.82, 2.24) is 5.32 Å². The molecule has 4 rings (SSSR count). The number of aliphatic carboxylic acids is 1. The first-order valence-electron chi connectivity index (χ1n) is 7.22. The summed E-state index contributed by atoms with van der Waals surface area (Å²) in [5.41, 5.74) is 5.90. The molecule has 2 bridgehead atoms. The van der Waals surface area contributed by atoms with Gasteiger partial charge in [0.1, 0.15) is 5.75 Å². The Labute approximate surface area is 146 Å². The first-order valence-corrected chi connectivity index (χ1v) is 7.59. The smallest absolute Gasteiger partial charge is 0.484 e. The number of rotatable bonds is 4. The molecule has 0 aliphatic heterocycles. The number of alkyl halides is 3. The molecule has 3 aliphatic carbocycles. The molecule has 138 valence electrons. The third kappa shape index (κ3) is 4.99. The van der Waals surface area contributed by atoms with Crippen molar-refractivity contribution in [2.45, 2.75) is 36.5 Å². The standard InChI is InChI=1S/C13H15ClN2O2.C2HF3O2/c14-9-1-3-10(4-2-9)18-5-11(17)16-13-6-12(15,7-13)8-13;3-2(4,5)1(6)7/h1-4H,5-8,15H2,(H,16,17);(H,6,7). The molecule has 25 heavy (non-hydrogen) atoms. The van der Waals surface area contributed by atoms with Gasteiger partial charge in [0.2, 0.25) is 0 Å². The van der Waals surface area contributed by atoms with Gasteiger partial charge in [-0.15, -0.1) is 0 Å². The lowest BCUT2D eigenvalue weighted by Crippen LogP contribution is -2.82. The minimum atomic E-state index is -5.08. The highest BCUT2D eigenvalue weighted by molar-refractivity contribution is 6.30. The zero-order valence-corrected chi connectivity index (χ0v) is 13.7. The number of halogens is 4. The van der Waals surface area contributed by atoms with E-state index in [0.717, 1.165) is 19.3 Å². The Kier molecular flexibility index (Phi) is 5.19. The summed E-state index contributed by atoms with van der Waals surface area (Å²) >= 11 is 5.76. The van der Waals surface area contributed by atoms with Crippen LogP contribution in [0.1, 0.15) is 19.3 Å². The molecule has 1 amide bonds. The van der Waals surface area contributed by atoms with Crippen LogP contribution in [0.5, 0.6) is 5.75 Å². The maximum atomic E-state index is 11.7. The molecule has 0 heterocycles. The number of amides is 1. The van der Waals surface area contributed by atoms with Crippen molar-refractivity contribution in [2.24, 2.45) is 5.73 Å². The average Bonchev–Trinajstić information content (AvgIpc) is 2.43. The zero-order valence-electron chi connectivity index (χ0n) is 12.9. The van der Waals surface area contributed by atoms with E-state index < -0.39 is 12.1 Å². The first kappa shape index (κ1) is 19.3. The highest BCUT2D eigenvalue weighted by atomic mass is 35.5. The summed E-state index contributed by atoms with van der Waals surface area (Å²) in [6.07, 6.45) is -2.40. The summed E-state index contributed by atoms with van der Waals surface area (Å²) < 4.78 is 37.1. The second-order valence-electron chi connectivity index (χ2n) is 6.27. The van der Waals surface area contributed by atoms with E-state index in [0.29, 0.717) is 10.8 Å². The van der Waals surface area contributed by atoms with Gasteiger partial charge in [0.05, 0.1) is 0 Å². The quantitative estimate of drug-likeness (QED) is 0.742. The van der Waals surface area contributed by atoms with Gasteiger partial charge < -0.3 is 20.9 Å². The van der Waals surface area contributed by atoms with Crippen LogP contribution < -0.4 is 15.8 Å². The maximum absolute atomic E-state index is 11.7. The second-order valence-corrected chi connectivity index (χ2v) is 6.70. The van der Waals surface area contributed by atoms with Gasteiger partial charge in [0.25, 0.3) is 5.91 Å². The lowest BCUT2D eigenvalue weighted by atomic mass is 9.44. The van der Waals surface area contributed by atoms with Gasteiger partial charge in [0, 0.05) is 16.1 Å². The predicted molar refractivity (Wildman–Crippen MR) is 82.3 cm³/mol. The van der Waals surface area contributed by atoms with Crippen molar-refractivity contribution in [3.8, 4) is 5.75 Å². The number of carboxylic acid groups (broad SMARTS) is 1. The number of carboxylic acids is 1. The van der Waals surface area contributed by atoms with E-state index in [4.69, 9.17) is 32.0 Å². The van der Waals surface area contributed by atoms with Crippen LogP contribution in [0.4, 0.5) is 13.2 Å². The summed E-state index contributed by atoms with van der Waals surface area (Å²) in [5.74, 6) is -2.21. The first-order chi connectivity index (χ1) is 11.4. The summed E-state index contributed by atoms with van der Waals surface area (Å²) in [4.78, 5) is 20.6. The van der Waals surface area contributed by atoms with Crippen molar-refractivity contribution in [2.75, 3.05) is 6.61 Å². The van der Waals surface area contributed by atoms with E-state index in [1.165, 1.54) is 0 Å². The molecular formula is C15H16ClF3N2O4. The number of benzene rings is 1. The monoisotopic (exact) mass is 380 g/mol. The van der Waals surface area contributed by atoms with Gasteiger partial charge in [-0.3, -0.25) is 4.79 Å². The minimum absolute atomic E-state index is 0.00428. The maximum Gasteiger partial charge on any atom is 0.490 e. The van der Waals surface area contributed by atoms with E-state index in [1.54, 1.807) is 24.3 Å². The molecule has 4 N–H and O–H groups in total. The topological polar surface area (TPSA) is 102 Å². The van der Waals surface area contributed by atoms with E-state index >= 15 is 0 Å². The van der Waals surface area contributed by atoms with Crippen molar-refractivity contribution < 1.29 is 32.6 Å². The second kappa shape index (κ2) is 6.72. The SMILES string of the molecule is NC12CC(NC(=O)COc3ccc(Cl)cc3)(C1)C2.O=C(O)C(F)(F)F. The van der Waals surface area contributed by atoms with E-state index in [1.807, 2.05) is 0 Å². The molecule has 0 atom stereocenters. The number of carbonyl (C=O) groups is 2. The average molecular weight is 381 g/mol. The summed E-state index contributed by atoms with van der Waals surface area (Å²) in [6, 6.07) is 6.94. The third-order valence-corrected chi connectivity index (χ3v) is 4.15. The molecule has 10 heteroatoms. The molecule has 0 spiro atoms. The van der Waals surface area contributed by atoms with Crippen molar-refractivity contribution in [3.63, 3.8) is 0 Å². The number of hydrogen-bond acceptors (Lipinski definition) is 4. The van der Waals surface area contributed by atoms with Crippen LogP contribution in [0.25, 0.3) is 0 Å². The van der Waals surface area contributed by atoms with Gasteiger partial charge in [-0.25, -0.2) is 4.79 Å². The molecular weight excluding hydrogens is 365 g/mol. The molecule has 3 saturated carbocycles. The van der Waals surface area contributed by atoms with E-state index in [9.17, 15) is 18.0 Å². The number of carbonyl (C=O) groups excluding carboxylic acids is 1. The van der Waals surface area contributed by atoms with E-state index in [2.05, 4.69) is 5.32 Å². The fourth-order valence-corrected chi connectivity index (χ4v) is 3.14. The van der Waals surface area contributed by atoms with Crippen LogP contribution >= 0.6 is 11.6 Å². The van der Waals surface area contributed by atoms with Gasteiger partial charge in [-0.05, 0) is 43.5 Å². The Morgan fingerprint density at radius 2 is 1.72 bits per heavy atom. The van der Waals surface area contributed by atoms with Crippen LogP contribution in [0, 0.1) is 0 Å². The lowest BCUT2D eigenvalue weighted by Gasteiger charge is -2.68. The Bertz CT molecular complexity index is 644. The molecule has 3 fully saturated rings. The molecule has 0 aromatic heterocycles. The minimum Gasteiger partial charge on any atom is -0.484 e. The van der Waals surface area contributed by atoms with Gasteiger partial charge in [-0.1, -0.05) is 11.6 Å². The van der Waals surface area contributed by atoms with Crippen LogP contribution in [-0.2, 0) is 9.59 Å². The molecule has 0 unspecified atom stereocenters. The highest BCUT2D eigenvalue weighted by Gasteiger charge is 2.66. The summed E-state index contributed by atoms with van der Waals surface area (Å²) in [6.45, 7) is 0.0287. The normalized spacial score (nSPS) is 26.3. The van der Waals surface area contributed by atoms with Gasteiger partial charge in [0.15, 0.2) is 6.61 Å². The summed E-state index contributed by atoms with van der Waals surface area (Å²) in [5, 5.41) is 10.8. The van der Waals surface area contributed by atoms with Crippen molar-refractivity contribution >= 4 is 23.5 Å². The van der Waals surface area contributed by atoms with Crippen molar-refractivity contribution in [3.05, 3.63) is 29.3 Å². The Morgan fingerprint density at radius 1 is 1.24 bits per heavy atom. The third-order valence-electron chi connectivity index (χ3n) is 3.90. The number of hydrogen-bond donors (Lipinski definition) is 3. The van der Waals surface area contributed by atoms with Crippen LogP contribution in [-0.4, -0.2) is 40.8 Å². The van der Waals surface area contributed by atoms with Crippen LogP contribution in [0.3, 0.4) is 0 Å². The van der Waals surface area contributed by atoms with Gasteiger partial charge in [-0.2, -0.15) is 13.2 Å². The Morgan fingerprint density at radius 3 is 2.12 bits per heavy atom. The lowest BCUT2D eigenvalue weighted by molar-refractivity contribution is -0.192. The van der Waals surface area contributed by atoms with Gasteiger partial charge >= 0.3 is 12.1 Å². The fourth-order valence-electron chi connectivity index (χ4n) is 3.01. The molecule has 1 aromatic carbocycles. The Hall–Kier alpha value is -2.00. The number of nitrogens with one attached hydrogen (secondary N) is 1. The van der Waals surface area contributed by atoms with Crippen LogP contribution in [0.15, 0.2) is 24.3 Å². The largest absolute Gasteiger partial charge is 0.490 e. The summed E-state index contributed by atoms with van der Waals surface area (Å²) in [7, 11) is 0. The molecule has 3 aliphatic rings. The molecule has 1 aromatic rings. The predicted octanol–water partition coefficient (Wildman–Crippen LogP) is 2.10. The molecule has 6 nitrogen and oxygen atoms in total. The highest BCUT2D eigenvalue weighted by Crippen LogP contribution is 2.58. The number of nitrogens with two attached hydrogens (primary N) is 1. The molecule has 0 radical (unpaired) electrons. The fraction of sp³-hybridized carbons (Fsp3) is 0.467. The number of ether oxygens (including phenoxy) is 1. The van der Waals surface area contributed by atoms with E-state index in [-0.39, 0.29) is 23.6 Å². The van der Waals surface area contributed by atoms with Crippen LogP contribution in [0.2, 0.25) is 5.02 Å².